The van der Waals surface area contributed by atoms with Gasteiger partial charge in [-0.1, -0.05) is 6.92 Å². The Bertz CT molecular complexity index is 153. The van der Waals surface area contributed by atoms with Crippen LogP contribution in [0.4, 0.5) is 0 Å². The van der Waals surface area contributed by atoms with E-state index in [1.807, 2.05) is 0 Å². The van der Waals surface area contributed by atoms with Crippen LogP contribution in [0.3, 0.4) is 0 Å². The van der Waals surface area contributed by atoms with E-state index in [1.165, 1.54) is 0 Å². The van der Waals surface area contributed by atoms with E-state index in [4.69, 9.17) is 5.11 Å². The normalized spacial score (nSPS) is 12.2. The molecular formula is C7H11O4. The summed E-state index contributed by atoms with van der Waals surface area (Å²) in [6.45, 7) is 5.15. The predicted molar refractivity (Wildman–Crippen MR) is 37.7 cm³/mol. The molecule has 1 unspecified atom stereocenters. The maximum atomic E-state index is 10.8. The van der Waals surface area contributed by atoms with Gasteiger partial charge in [-0.05, 0) is 13.3 Å². The lowest BCUT2D eigenvalue weighted by molar-refractivity contribution is -0.158. The van der Waals surface area contributed by atoms with Gasteiger partial charge in [0.25, 0.3) is 0 Å². The summed E-state index contributed by atoms with van der Waals surface area (Å²) in [4.78, 5) is 21.1. The molecule has 4 heteroatoms. The van der Waals surface area contributed by atoms with E-state index < -0.39 is 17.9 Å². The summed E-state index contributed by atoms with van der Waals surface area (Å²) in [6, 6.07) is 0. The molecule has 0 aromatic heterocycles. The Balaban J connectivity index is 4.03. The SMILES string of the molecule is [CH2]CC(C(=O)O)C(=O)OCC. The Labute approximate surface area is 65.2 Å². The van der Waals surface area contributed by atoms with Crippen molar-refractivity contribution < 1.29 is 19.4 Å². The minimum Gasteiger partial charge on any atom is -0.481 e. The molecule has 4 nitrogen and oxygen atoms in total. The Hall–Kier alpha value is -1.06. The second-order valence-corrected chi connectivity index (χ2v) is 1.93. The van der Waals surface area contributed by atoms with Crippen molar-refractivity contribution >= 4 is 11.9 Å². The lowest BCUT2D eigenvalue weighted by Gasteiger charge is -2.07. The predicted octanol–water partition coefficient (Wildman–Crippen LogP) is 0.474. The molecule has 0 aliphatic rings. The summed E-state index contributed by atoms with van der Waals surface area (Å²) >= 11 is 0. The molecule has 11 heavy (non-hydrogen) atoms. The Morgan fingerprint density at radius 2 is 2.18 bits per heavy atom. The number of carbonyl (C=O) groups is 2. The van der Waals surface area contributed by atoms with Gasteiger partial charge in [0.2, 0.25) is 0 Å². The summed E-state index contributed by atoms with van der Waals surface area (Å²) in [5, 5.41) is 8.43. The van der Waals surface area contributed by atoms with Gasteiger partial charge in [0.05, 0.1) is 6.61 Å². The molecule has 0 bridgehead atoms. The van der Waals surface area contributed by atoms with Gasteiger partial charge in [-0.15, -0.1) is 0 Å². The third-order valence-corrected chi connectivity index (χ3v) is 1.16. The molecule has 0 saturated carbocycles. The number of carbonyl (C=O) groups excluding carboxylic acids is 1. The van der Waals surface area contributed by atoms with Crippen LogP contribution in [0.15, 0.2) is 0 Å². The highest BCUT2D eigenvalue weighted by molar-refractivity contribution is 5.93. The molecule has 0 rings (SSSR count). The minimum absolute atomic E-state index is 0.0220. The molecule has 0 aliphatic heterocycles. The van der Waals surface area contributed by atoms with Crippen LogP contribution >= 0.6 is 0 Å². The zero-order chi connectivity index (χ0) is 8.85. The maximum Gasteiger partial charge on any atom is 0.320 e. The van der Waals surface area contributed by atoms with E-state index in [-0.39, 0.29) is 13.0 Å². The van der Waals surface area contributed by atoms with Gasteiger partial charge < -0.3 is 9.84 Å². The first-order valence-electron chi connectivity index (χ1n) is 3.32. The van der Waals surface area contributed by atoms with Gasteiger partial charge in [-0.2, -0.15) is 0 Å². The van der Waals surface area contributed by atoms with Crippen molar-refractivity contribution in [2.45, 2.75) is 13.3 Å². The van der Waals surface area contributed by atoms with E-state index in [2.05, 4.69) is 11.7 Å². The lowest BCUT2D eigenvalue weighted by Crippen LogP contribution is -2.25. The van der Waals surface area contributed by atoms with Gasteiger partial charge >= 0.3 is 11.9 Å². The van der Waals surface area contributed by atoms with Gasteiger partial charge in [0.15, 0.2) is 5.92 Å². The first-order valence-corrected chi connectivity index (χ1v) is 3.32. The standard InChI is InChI=1S/C7H11O4/c1-3-5(6(8)9)7(10)11-4-2/h5H,1,3-4H2,2H3,(H,8,9). The summed E-state index contributed by atoms with van der Waals surface area (Å²) in [5.74, 6) is -3.01. The van der Waals surface area contributed by atoms with Crippen LogP contribution < -0.4 is 0 Å². The summed E-state index contributed by atoms with van der Waals surface area (Å²) in [5.41, 5.74) is 0. The third-order valence-electron chi connectivity index (χ3n) is 1.16. The van der Waals surface area contributed by atoms with Crippen LogP contribution in [-0.2, 0) is 14.3 Å². The fourth-order valence-corrected chi connectivity index (χ4v) is 0.585. The quantitative estimate of drug-likeness (QED) is 0.478. The molecule has 0 aromatic carbocycles. The van der Waals surface area contributed by atoms with Gasteiger partial charge in [-0.3, -0.25) is 9.59 Å². The molecular weight excluding hydrogens is 148 g/mol. The van der Waals surface area contributed by atoms with Crippen molar-refractivity contribution in [3.05, 3.63) is 6.92 Å². The molecule has 0 aromatic rings. The van der Waals surface area contributed by atoms with Gasteiger partial charge in [0.1, 0.15) is 0 Å². The fraction of sp³-hybridized carbons (Fsp3) is 0.571. The number of hydrogen-bond acceptors (Lipinski definition) is 3. The average molecular weight is 159 g/mol. The molecule has 0 heterocycles. The third kappa shape index (κ3) is 3.02. The number of rotatable bonds is 4. The molecule has 1 N–H and O–H groups in total. The first kappa shape index (κ1) is 9.94. The fourth-order valence-electron chi connectivity index (χ4n) is 0.585. The lowest BCUT2D eigenvalue weighted by atomic mass is 10.1. The highest BCUT2D eigenvalue weighted by atomic mass is 16.5. The van der Waals surface area contributed by atoms with Crippen LogP contribution in [0.5, 0.6) is 0 Å². The molecule has 0 saturated heterocycles. The molecule has 1 radical (unpaired) electrons. The number of esters is 1. The first-order chi connectivity index (χ1) is 5.13. The highest BCUT2D eigenvalue weighted by Crippen LogP contribution is 2.04. The van der Waals surface area contributed by atoms with Crippen molar-refractivity contribution in [3.8, 4) is 0 Å². The van der Waals surface area contributed by atoms with Crippen molar-refractivity contribution in [2.24, 2.45) is 5.92 Å². The second kappa shape index (κ2) is 4.71. The van der Waals surface area contributed by atoms with Crippen LogP contribution in [0.25, 0.3) is 0 Å². The minimum atomic E-state index is -1.18. The van der Waals surface area contributed by atoms with Gasteiger partial charge in [0, 0.05) is 0 Å². The molecule has 0 amide bonds. The van der Waals surface area contributed by atoms with E-state index in [9.17, 15) is 9.59 Å². The molecule has 1 atom stereocenters. The molecule has 63 valence electrons. The van der Waals surface area contributed by atoms with Crippen molar-refractivity contribution in [2.75, 3.05) is 6.61 Å². The summed E-state index contributed by atoms with van der Waals surface area (Å²) < 4.78 is 4.50. The summed E-state index contributed by atoms with van der Waals surface area (Å²) in [7, 11) is 0. The van der Waals surface area contributed by atoms with Crippen LogP contribution in [0, 0.1) is 12.8 Å². The Kier molecular flexibility index (Phi) is 4.26. The number of carboxylic acids is 1. The molecule has 0 aliphatic carbocycles. The number of aliphatic carboxylic acids is 1. The topological polar surface area (TPSA) is 63.6 Å². The average Bonchev–Trinajstić information content (AvgIpc) is 1.88. The van der Waals surface area contributed by atoms with E-state index in [1.54, 1.807) is 6.92 Å². The van der Waals surface area contributed by atoms with E-state index in [0.717, 1.165) is 0 Å². The van der Waals surface area contributed by atoms with Crippen molar-refractivity contribution in [1.82, 2.24) is 0 Å². The van der Waals surface area contributed by atoms with E-state index >= 15 is 0 Å². The monoisotopic (exact) mass is 159 g/mol. The molecule has 0 spiro atoms. The van der Waals surface area contributed by atoms with E-state index in [0.29, 0.717) is 0 Å². The largest absolute Gasteiger partial charge is 0.481 e. The number of hydrogen-bond donors (Lipinski definition) is 1. The van der Waals surface area contributed by atoms with Crippen LogP contribution in [0.1, 0.15) is 13.3 Å². The highest BCUT2D eigenvalue weighted by Gasteiger charge is 2.24. The van der Waals surface area contributed by atoms with Crippen molar-refractivity contribution in [1.29, 1.82) is 0 Å². The molecule has 0 fully saturated rings. The Morgan fingerprint density at radius 1 is 1.64 bits per heavy atom. The van der Waals surface area contributed by atoms with Crippen LogP contribution in [-0.4, -0.2) is 23.7 Å². The van der Waals surface area contributed by atoms with Crippen molar-refractivity contribution in [3.63, 3.8) is 0 Å². The second-order valence-electron chi connectivity index (χ2n) is 1.93. The zero-order valence-corrected chi connectivity index (χ0v) is 6.37. The number of ether oxygens (including phenoxy) is 1. The summed E-state index contributed by atoms with van der Waals surface area (Å²) in [6.07, 6.45) is 0.0220. The number of carboxylic acid groups (broad SMARTS) is 1. The zero-order valence-electron chi connectivity index (χ0n) is 6.37. The Morgan fingerprint density at radius 3 is 2.45 bits per heavy atom. The van der Waals surface area contributed by atoms with Gasteiger partial charge in [-0.25, -0.2) is 0 Å². The smallest absolute Gasteiger partial charge is 0.320 e. The maximum absolute atomic E-state index is 10.8. The van der Waals surface area contributed by atoms with Crippen LogP contribution in [0.2, 0.25) is 0 Å².